The molecule has 0 saturated carbocycles. The van der Waals surface area contributed by atoms with Gasteiger partial charge >= 0.3 is 0 Å². The van der Waals surface area contributed by atoms with Crippen molar-refractivity contribution in [1.29, 1.82) is 0 Å². The third kappa shape index (κ3) is 5.42. The number of aromatic nitrogens is 1. The lowest BCUT2D eigenvalue weighted by Crippen LogP contribution is -2.34. The zero-order valence-corrected chi connectivity index (χ0v) is 19.3. The number of hydrogen-bond donors (Lipinski definition) is 0. The van der Waals surface area contributed by atoms with Crippen molar-refractivity contribution in [1.82, 2.24) is 10.1 Å². The molecule has 2 heterocycles. The standard InChI is InChI=1S/C26H29FN2O4/c1-17(10-13-32-23-7-4-20(18(2)30)14-25(23)31-3)16-29-11-8-19(9-12-29)26-22-6-5-21(27)15-24(22)33-28-26/h4-7,10,14-15,19H,8-9,11-13,16H2,1-3H3/b17-10-. The topological polar surface area (TPSA) is 64.8 Å². The fraction of sp³-hybridized carbons (Fsp3) is 0.385. The van der Waals surface area contributed by atoms with Gasteiger partial charge in [0.1, 0.15) is 12.4 Å². The minimum absolute atomic E-state index is 0.00926. The molecule has 0 amide bonds. The van der Waals surface area contributed by atoms with E-state index in [1.54, 1.807) is 31.4 Å². The summed E-state index contributed by atoms with van der Waals surface area (Å²) < 4.78 is 30.0. The summed E-state index contributed by atoms with van der Waals surface area (Å²) in [5, 5.41) is 5.14. The first-order chi connectivity index (χ1) is 15.9. The molecule has 3 aromatic rings. The molecular weight excluding hydrogens is 423 g/mol. The number of carbonyl (C=O) groups excluding carboxylic acids is 1. The average Bonchev–Trinajstić information content (AvgIpc) is 3.22. The van der Waals surface area contributed by atoms with Gasteiger partial charge in [0.15, 0.2) is 22.9 Å². The summed E-state index contributed by atoms with van der Waals surface area (Å²) in [4.78, 5) is 14.0. The molecule has 1 fully saturated rings. The number of hydrogen-bond acceptors (Lipinski definition) is 6. The van der Waals surface area contributed by atoms with Crippen molar-refractivity contribution >= 4 is 16.8 Å². The van der Waals surface area contributed by atoms with Crippen molar-refractivity contribution in [3.8, 4) is 11.5 Å². The van der Waals surface area contributed by atoms with E-state index in [0.29, 0.717) is 35.2 Å². The maximum Gasteiger partial charge on any atom is 0.170 e. The predicted octanol–water partition coefficient (Wildman–Crippen LogP) is 5.38. The maximum atomic E-state index is 13.4. The Morgan fingerprint density at radius 2 is 1.97 bits per heavy atom. The summed E-state index contributed by atoms with van der Waals surface area (Å²) in [6, 6.07) is 9.83. The van der Waals surface area contributed by atoms with Crippen molar-refractivity contribution in [3.63, 3.8) is 0 Å². The first kappa shape index (κ1) is 23.0. The monoisotopic (exact) mass is 452 g/mol. The third-order valence-electron chi connectivity index (χ3n) is 6.15. The second-order valence-corrected chi connectivity index (χ2v) is 8.54. The van der Waals surface area contributed by atoms with Gasteiger partial charge < -0.3 is 14.0 Å². The van der Waals surface area contributed by atoms with Crippen molar-refractivity contribution in [3.05, 3.63) is 65.1 Å². The SMILES string of the molecule is COc1cc(C(C)=O)ccc1OC/C=C(/C)CN1CCC(c2noc3cc(F)ccc23)CC1. The lowest BCUT2D eigenvalue weighted by atomic mass is 9.91. The van der Waals surface area contributed by atoms with Crippen molar-refractivity contribution in [2.45, 2.75) is 32.6 Å². The van der Waals surface area contributed by atoms with Crippen LogP contribution in [-0.2, 0) is 0 Å². The molecule has 6 nitrogen and oxygen atoms in total. The predicted molar refractivity (Wildman–Crippen MR) is 125 cm³/mol. The van der Waals surface area contributed by atoms with Gasteiger partial charge in [0, 0.05) is 29.5 Å². The molecule has 0 spiro atoms. The van der Waals surface area contributed by atoms with E-state index in [0.717, 1.165) is 43.6 Å². The summed E-state index contributed by atoms with van der Waals surface area (Å²) in [6.45, 7) is 6.87. The highest BCUT2D eigenvalue weighted by atomic mass is 19.1. The molecule has 1 aliphatic rings. The van der Waals surface area contributed by atoms with E-state index < -0.39 is 0 Å². The number of ether oxygens (including phenoxy) is 2. The Morgan fingerprint density at radius 3 is 2.70 bits per heavy atom. The molecule has 4 rings (SSSR count). The summed E-state index contributed by atoms with van der Waals surface area (Å²) in [6.07, 6.45) is 4.05. The smallest absolute Gasteiger partial charge is 0.170 e. The van der Waals surface area contributed by atoms with E-state index in [-0.39, 0.29) is 11.6 Å². The van der Waals surface area contributed by atoms with Crippen LogP contribution in [0.25, 0.3) is 11.0 Å². The van der Waals surface area contributed by atoms with Crippen LogP contribution in [0.5, 0.6) is 11.5 Å². The lowest BCUT2D eigenvalue weighted by molar-refractivity contribution is 0.101. The number of methoxy groups -OCH3 is 1. The van der Waals surface area contributed by atoms with Crippen molar-refractivity contribution in [2.24, 2.45) is 0 Å². The molecule has 0 radical (unpaired) electrons. The Hall–Kier alpha value is -3.19. The number of rotatable bonds is 8. The molecule has 33 heavy (non-hydrogen) atoms. The number of nitrogens with zero attached hydrogens (tertiary/aromatic N) is 2. The second kappa shape index (κ2) is 10.2. The zero-order valence-electron chi connectivity index (χ0n) is 19.3. The van der Waals surface area contributed by atoms with Gasteiger partial charge in [0.25, 0.3) is 0 Å². The van der Waals surface area contributed by atoms with Crippen molar-refractivity contribution in [2.75, 3.05) is 33.4 Å². The van der Waals surface area contributed by atoms with E-state index in [9.17, 15) is 9.18 Å². The average molecular weight is 453 g/mol. The van der Waals surface area contributed by atoms with E-state index in [2.05, 4.69) is 23.1 Å². The molecule has 0 unspecified atom stereocenters. The number of benzene rings is 2. The number of Topliss-reactive ketones (excluding diaryl/α,β-unsaturated/α-hetero) is 1. The number of ketones is 1. The van der Waals surface area contributed by atoms with Crippen molar-refractivity contribution < 1.29 is 23.2 Å². The van der Waals surface area contributed by atoms with E-state index in [4.69, 9.17) is 14.0 Å². The molecule has 1 aromatic heterocycles. The number of fused-ring (bicyclic) bond motifs is 1. The quantitative estimate of drug-likeness (QED) is 0.338. The Morgan fingerprint density at radius 1 is 1.18 bits per heavy atom. The Kier molecular flexibility index (Phi) is 7.08. The van der Waals surface area contributed by atoms with Crippen LogP contribution in [0.15, 0.2) is 52.6 Å². The Bertz CT molecular complexity index is 1160. The first-order valence-electron chi connectivity index (χ1n) is 11.2. The van der Waals surface area contributed by atoms with Gasteiger partial charge in [-0.3, -0.25) is 9.69 Å². The normalized spacial score (nSPS) is 15.7. The highest BCUT2D eigenvalue weighted by Crippen LogP contribution is 2.33. The fourth-order valence-corrected chi connectivity index (χ4v) is 4.29. The van der Waals surface area contributed by atoms with Crippen LogP contribution < -0.4 is 9.47 Å². The van der Waals surface area contributed by atoms with Gasteiger partial charge in [-0.15, -0.1) is 0 Å². The van der Waals surface area contributed by atoms with E-state index in [1.807, 2.05) is 0 Å². The lowest BCUT2D eigenvalue weighted by Gasteiger charge is -2.31. The molecule has 0 N–H and O–H groups in total. The van der Waals surface area contributed by atoms with Crippen LogP contribution in [0.4, 0.5) is 4.39 Å². The minimum Gasteiger partial charge on any atom is -0.493 e. The molecular formula is C26H29FN2O4. The molecule has 0 atom stereocenters. The van der Waals surface area contributed by atoms with Crippen LogP contribution >= 0.6 is 0 Å². The molecule has 2 aromatic carbocycles. The van der Waals surface area contributed by atoms with Gasteiger partial charge in [-0.25, -0.2) is 4.39 Å². The van der Waals surface area contributed by atoms with E-state index >= 15 is 0 Å². The Balaban J connectivity index is 1.28. The van der Waals surface area contributed by atoms with Gasteiger partial charge in [0.2, 0.25) is 0 Å². The largest absolute Gasteiger partial charge is 0.493 e. The highest BCUT2D eigenvalue weighted by molar-refractivity contribution is 5.94. The second-order valence-electron chi connectivity index (χ2n) is 8.54. The first-order valence-corrected chi connectivity index (χ1v) is 11.2. The molecule has 0 aliphatic carbocycles. The highest BCUT2D eigenvalue weighted by Gasteiger charge is 2.25. The summed E-state index contributed by atoms with van der Waals surface area (Å²) in [7, 11) is 1.57. The van der Waals surface area contributed by atoms with Crippen LogP contribution in [0.3, 0.4) is 0 Å². The van der Waals surface area contributed by atoms with Crippen LogP contribution in [0.1, 0.15) is 48.7 Å². The number of piperidine rings is 1. The number of likely N-dealkylation sites (tertiary alicyclic amines) is 1. The van der Waals surface area contributed by atoms with E-state index in [1.165, 1.54) is 24.6 Å². The molecule has 7 heteroatoms. The van der Waals surface area contributed by atoms with Gasteiger partial charge in [-0.1, -0.05) is 10.7 Å². The summed E-state index contributed by atoms with van der Waals surface area (Å²) in [5.41, 5.74) is 3.28. The summed E-state index contributed by atoms with van der Waals surface area (Å²) in [5.74, 6) is 1.18. The summed E-state index contributed by atoms with van der Waals surface area (Å²) >= 11 is 0. The molecule has 0 bridgehead atoms. The third-order valence-corrected chi connectivity index (χ3v) is 6.15. The molecule has 1 saturated heterocycles. The number of halogens is 1. The van der Waals surface area contributed by atoms with Crippen LogP contribution in [0.2, 0.25) is 0 Å². The minimum atomic E-state index is -0.308. The number of carbonyl (C=O) groups is 1. The van der Waals surface area contributed by atoms with Gasteiger partial charge in [0.05, 0.1) is 12.8 Å². The zero-order chi connectivity index (χ0) is 23.4. The molecule has 174 valence electrons. The van der Waals surface area contributed by atoms with Gasteiger partial charge in [-0.05, 0) is 76.2 Å². The molecule has 1 aliphatic heterocycles. The van der Waals surface area contributed by atoms with Crippen LogP contribution in [-0.4, -0.2) is 49.2 Å². The fourth-order valence-electron chi connectivity index (χ4n) is 4.29. The van der Waals surface area contributed by atoms with Crippen LogP contribution in [0, 0.1) is 5.82 Å². The maximum absolute atomic E-state index is 13.4. The van der Waals surface area contributed by atoms with Gasteiger partial charge in [-0.2, -0.15) is 0 Å². The Labute approximate surface area is 192 Å².